The van der Waals surface area contributed by atoms with Crippen molar-refractivity contribution in [1.82, 2.24) is 4.98 Å². The summed E-state index contributed by atoms with van der Waals surface area (Å²) in [4.78, 5) is 4.21. The van der Waals surface area contributed by atoms with Crippen molar-refractivity contribution in [2.24, 2.45) is 7.05 Å². The number of benzene rings is 1. The van der Waals surface area contributed by atoms with Crippen LogP contribution in [0.4, 0.5) is 13.2 Å². The van der Waals surface area contributed by atoms with Crippen molar-refractivity contribution in [2.75, 3.05) is 0 Å². The molecular weight excluding hydrogens is 297 g/mol. The third-order valence-corrected chi connectivity index (χ3v) is 4.99. The minimum Gasteiger partial charge on any atom is -0.237 e. The summed E-state index contributed by atoms with van der Waals surface area (Å²) < 4.78 is 44.8. The molecule has 0 amide bonds. The molecule has 0 N–H and O–H groups in total. The van der Waals surface area contributed by atoms with Crippen molar-refractivity contribution >= 4 is 32.5 Å². The average molecular weight is 311 g/mol. The molecule has 0 bridgehead atoms. The van der Waals surface area contributed by atoms with E-state index in [1.807, 2.05) is 6.92 Å². The zero-order chi connectivity index (χ0) is 15.5. The van der Waals surface area contributed by atoms with Crippen LogP contribution < -0.4 is 4.57 Å². The van der Waals surface area contributed by atoms with E-state index < -0.39 is 16.8 Å². The van der Waals surface area contributed by atoms with Crippen LogP contribution in [0.5, 0.6) is 0 Å². The van der Waals surface area contributed by atoms with Gasteiger partial charge in [0.15, 0.2) is 16.5 Å². The number of hydrogen-bond donors (Lipinski definition) is 0. The van der Waals surface area contributed by atoms with E-state index in [-0.39, 0.29) is 26.7 Å². The van der Waals surface area contributed by atoms with Crippen LogP contribution in [0.2, 0.25) is 0 Å². The Bertz CT molecular complexity index is 900. The van der Waals surface area contributed by atoms with Crippen LogP contribution in [0.25, 0.3) is 21.1 Å². The van der Waals surface area contributed by atoms with Gasteiger partial charge in [-0.3, -0.25) is 0 Å². The third-order valence-electron chi connectivity index (χ3n) is 3.92. The van der Waals surface area contributed by atoms with Gasteiger partial charge in [-0.2, -0.15) is 13.3 Å². The quantitative estimate of drug-likeness (QED) is 0.623. The first-order chi connectivity index (χ1) is 9.88. The van der Waals surface area contributed by atoms with Gasteiger partial charge >= 0.3 is 0 Å². The van der Waals surface area contributed by atoms with Gasteiger partial charge in [0.1, 0.15) is 12.7 Å². The highest BCUT2D eigenvalue weighted by Gasteiger charge is 2.28. The zero-order valence-corrected chi connectivity index (χ0v) is 13.0. The van der Waals surface area contributed by atoms with Crippen molar-refractivity contribution in [3.05, 3.63) is 33.7 Å². The molecule has 3 rings (SSSR count). The van der Waals surface area contributed by atoms with Gasteiger partial charge in [0.25, 0.3) is 5.52 Å². The van der Waals surface area contributed by atoms with Gasteiger partial charge in [-0.25, -0.2) is 9.37 Å². The summed E-state index contributed by atoms with van der Waals surface area (Å²) in [5.74, 6) is -1.26. The fraction of sp³-hybridized carbons (Fsp3) is 0.333. The highest BCUT2D eigenvalue weighted by Crippen LogP contribution is 2.37. The molecule has 0 atom stereocenters. The molecule has 0 saturated carbocycles. The molecule has 3 aromatic rings. The molecule has 0 aliphatic carbocycles. The number of fused-ring (bicyclic) bond motifs is 2. The summed E-state index contributed by atoms with van der Waals surface area (Å²) >= 11 is 0.625. The van der Waals surface area contributed by atoms with Crippen LogP contribution in [0.1, 0.15) is 23.9 Å². The number of aryl methyl sites for hydroxylation is 3. The van der Waals surface area contributed by atoms with Crippen LogP contribution in [-0.4, -0.2) is 4.98 Å². The molecule has 0 saturated heterocycles. The van der Waals surface area contributed by atoms with Crippen LogP contribution in [0.15, 0.2) is 0 Å². The smallest absolute Gasteiger partial charge is 0.237 e. The number of hydrogen-bond acceptors (Lipinski definition) is 2. The zero-order valence-electron chi connectivity index (χ0n) is 12.1. The number of nitrogens with zero attached hydrogens (tertiary/aromatic N) is 2. The fourth-order valence-corrected chi connectivity index (χ4v) is 3.81. The van der Waals surface area contributed by atoms with Crippen LogP contribution in [0, 0.1) is 30.6 Å². The van der Waals surface area contributed by atoms with E-state index in [2.05, 4.69) is 4.98 Å². The van der Waals surface area contributed by atoms with E-state index in [0.29, 0.717) is 23.5 Å². The largest absolute Gasteiger partial charge is 0.271 e. The van der Waals surface area contributed by atoms with Crippen molar-refractivity contribution < 1.29 is 17.7 Å². The second kappa shape index (κ2) is 4.66. The Labute approximate surface area is 123 Å². The number of halogens is 3. The maximum atomic E-state index is 14.8. The first kappa shape index (κ1) is 14.3. The van der Waals surface area contributed by atoms with Crippen LogP contribution in [0.3, 0.4) is 0 Å². The summed E-state index contributed by atoms with van der Waals surface area (Å²) in [7, 11) is 1.68. The highest BCUT2D eigenvalue weighted by atomic mass is 32.1. The predicted octanol–water partition coefficient (Wildman–Crippen LogP) is 3.87. The first-order valence-corrected chi connectivity index (χ1v) is 7.44. The van der Waals surface area contributed by atoms with Gasteiger partial charge in [0.2, 0.25) is 11.5 Å². The number of rotatable bonds is 1. The summed E-state index contributed by atoms with van der Waals surface area (Å²) in [6.45, 7) is 5.16. The maximum Gasteiger partial charge on any atom is 0.271 e. The van der Waals surface area contributed by atoms with E-state index in [1.165, 1.54) is 6.92 Å². The van der Waals surface area contributed by atoms with Gasteiger partial charge < -0.3 is 0 Å². The van der Waals surface area contributed by atoms with Crippen molar-refractivity contribution in [2.45, 2.75) is 27.2 Å². The molecule has 0 unspecified atom stereocenters. The van der Waals surface area contributed by atoms with Gasteiger partial charge in [0.05, 0.1) is 4.70 Å². The lowest BCUT2D eigenvalue weighted by Gasteiger charge is -2.07. The Kier molecular flexibility index (Phi) is 3.16. The second-order valence-corrected chi connectivity index (χ2v) is 6.06. The Morgan fingerprint density at radius 1 is 1.14 bits per heavy atom. The maximum absolute atomic E-state index is 14.8. The molecular formula is C15H14F3N2S+. The molecule has 2 nitrogen and oxygen atoms in total. The lowest BCUT2D eigenvalue weighted by molar-refractivity contribution is -0.654. The lowest BCUT2D eigenvalue weighted by Crippen LogP contribution is -2.37. The van der Waals surface area contributed by atoms with Crippen molar-refractivity contribution in [1.29, 1.82) is 0 Å². The normalized spacial score (nSPS) is 11.8. The van der Waals surface area contributed by atoms with E-state index in [1.54, 1.807) is 18.5 Å². The molecule has 0 aliphatic rings. The Morgan fingerprint density at radius 2 is 1.81 bits per heavy atom. The van der Waals surface area contributed by atoms with Gasteiger partial charge in [0, 0.05) is 17.4 Å². The molecule has 110 valence electrons. The summed E-state index contributed by atoms with van der Waals surface area (Å²) in [5, 5.41) is -0.543. The molecule has 0 spiro atoms. The van der Waals surface area contributed by atoms with E-state index in [0.717, 1.165) is 5.69 Å². The molecule has 2 heterocycles. The van der Waals surface area contributed by atoms with Gasteiger partial charge in [-0.1, -0.05) is 6.92 Å². The molecule has 21 heavy (non-hydrogen) atoms. The fourth-order valence-electron chi connectivity index (χ4n) is 2.85. The minimum atomic E-state index is -0.653. The Hall–Kier alpha value is -1.69. The topological polar surface area (TPSA) is 16.8 Å². The lowest BCUT2D eigenvalue weighted by atomic mass is 10.1. The van der Waals surface area contributed by atoms with Gasteiger partial charge in [-0.05, 0) is 13.8 Å². The van der Waals surface area contributed by atoms with Gasteiger partial charge in [-0.15, -0.1) is 11.3 Å². The van der Waals surface area contributed by atoms with Crippen molar-refractivity contribution in [3.8, 4) is 0 Å². The predicted molar refractivity (Wildman–Crippen MR) is 77.0 cm³/mol. The van der Waals surface area contributed by atoms with Crippen LogP contribution in [-0.2, 0) is 13.5 Å². The molecule has 6 heteroatoms. The van der Waals surface area contributed by atoms with E-state index >= 15 is 0 Å². The molecule has 0 fully saturated rings. The van der Waals surface area contributed by atoms with Crippen LogP contribution >= 0.6 is 11.3 Å². The molecule has 0 aliphatic heterocycles. The summed E-state index contributed by atoms with van der Waals surface area (Å²) in [6.07, 6.45) is 0.654. The molecule has 2 aromatic heterocycles. The number of aromatic nitrogens is 2. The van der Waals surface area contributed by atoms with E-state index in [9.17, 15) is 13.2 Å². The second-order valence-electron chi connectivity index (χ2n) is 5.09. The minimum absolute atomic E-state index is 0.00820. The first-order valence-electron chi connectivity index (χ1n) is 6.63. The number of thiophene rings is 1. The van der Waals surface area contributed by atoms with E-state index in [4.69, 9.17) is 0 Å². The Morgan fingerprint density at radius 3 is 2.43 bits per heavy atom. The monoisotopic (exact) mass is 311 g/mol. The third kappa shape index (κ3) is 1.78. The average Bonchev–Trinajstić information content (AvgIpc) is 2.72. The Balaban J connectivity index is 2.65. The highest BCUT2D eigenvalue weighted by molar-refractivity contribution is 7.17. The van der Waals surface area contributed by atoms with Crippen molar-refractivity contribution in [3.63, 3.8) is 0 Å². The standard InChI is InChI=1S/C15H14F3N2S/c1-5-8-7(3)19-12-11(17)14-9(6(2)15(18)21-14)10(16)13(12)20(8)4/h5H2,1-4H3/q+1. The summed E-state index contributed by atoms with van der Waals surface area (Å²) in [5.41, 5.74) is 1.67. The molecule has 0 radical (unpaired) electrons. The molecule has 1 aromatic carbocycles. The SMILES string of the molecule is CCc1c(C)nc2c(F)c3sc(F)c(C)c3c(F)c2[n+]1C. The summed E-state index contributed by atoms with van der Waals surface area (Å²) in [6, 6.07) is 0.